The topological polar surface area (TPSA) is 20.2 Å². The first kappa shape index (κ1) is 14.1. The summed E-state index contributed by atoms with van der Waals surface area (Å²) in [5, 5.41) is 12.7. The molecule has 0 heterocycles. The highest BCUT2D eigenvalue weighted by atomic mass is 16.3. The van der Waals surface area contributed by atoms with Crippen LogP contribution in [0.25, 0.3) is 10.8 Å². The van der Waals surface area contributed by atoms with Gasteiger partial charge in [-0.3, -0.25) is 0 Å². The van der Waals surface area contributed by atoms with Crippen LogP contribution in [0.2, 0.25) is 0 Å². The summed E-state index contributed by atoms with van der Waals surface area (Å²) in [6, 6.07) is 15.0. The summed E-state index contributed by atoms with van der Waals surface area (Å²) in [4.78, 5) is 0. The molecule has 1 atom stereocenters. The number of hydrogen-bond donors (Lipinski definition) is 1. The van der Waals surface area contributed by atoms with Crippen LogP contribution in [-0.4, -0.2) is 11.2 Å². The Hall–Kier alpha value is -1.34. The van der Waals surface area contributed by atoms with E-state index < -0.39 is 0 Å². The molecule has 1 heteroatoms. The van der Waals surface area contributed by atoms with Gasteiger partial charge in [0.15, 0.2) is 0 Å². The van der Waals surface area contributed by atoms with Gasteiger partial charge in [0.1, 0.15) is 0 Å². The Balaban J connectivity index is 2.03. The predicted octanol–water partition coefficient (Wildman–Crippen LogP) is 4.57. The fraction of sp³-hybridized carbons (Fsp3) is 0.444. The summed E-state index contributed by atoms with van der Waals surface area (Å²) in [6.45, 7) is 6.28. The van der Waals surface area contributed by atoms with E-state index in [0.29, 0.717) is 0 Å². The van der Waals surface area contributed by atoms with Crippen LogP contribution in [0, 0.1) is 5.41 Å². The van der Waals surface area contributed by atoms with Crippen molar-refractivity contribution in [3.63, 3.8) is 0 Å². The largest absolute Gasteiger partial charge is 0.393 e. The molecule has 1 nitrogen and oxygen atoms in total. The average Bonchev–Trinajstić information content (AvgIpc) is 2.38. The summed E-state index contributed by atoms with van der Waals surface area (Å²) >= 11 is 0. The van der Waals surface area contributed by atoms with Crippen LogP contribution >= 0.6 is 0 Å². The Bertz CT molecular complexity index is 531. The van der Waals surface area contributed by atoms with Gasteiger partial charge in [0.05, 0.1) is 6.10 Å². The van der Waals surface area contributed by atoms with Crippen LogP contribution < -0.4 is 0 Å². The second-order valence-electron chi connectivity index (χ2n) is 6.41. The highest BCUT2D eigenvalue weighted by molar-refractivity contribution is 5.85. The molecule has 1 N–H and O–H groups in total. The number of hydrogen-bond acceptors (Lipinski definition) is 1. The van der Waals surface area contributed by atoms with Crippen molar-refractivity contribution in [1.82, 2.24) is 0 Å². The first-order valence-corrected chi connectivity index (χ1v) is 7.13. The molecular formula is C18H24O. The second-order valence-corrected chi connectivity index (χ2v) is 6.41. The highest BCUT2D eigenvalue weighted by Gasteiger charge is 2.21. The Morgan fingerprint density at radius 3 is 2.42 bits per heavy atom. The Morgan fingerprint density at radius 1 is 1.00 bits per heavy atom. The zero-order chi connectivity index (χ0) is 13.9. The molecule has 2 rings (SSSR count). The minimum absolute atomic E-state index is 0.0151. The van der Waals surface area contributed by atoms with Crippen molar-refractivity contribution in [2.45, 2.75) is 46.1 Å². The smallest absolute Gasteiger partial charge is 0.0588 e. The third-order valence-corrected chi connectivity index (χ3v) is 3.80. The van der Waals surface area contributed by atoms with Crippen LogP contribution in [-0.2, 0) is 6.42 Å². The van der Waals surface area contributed by atoms with Gasteiger partial charge >= 0.3 is 0 Å². The monoisotopic (exact) mass is 256 g/mol. The normalized spacial score (nSPS) is 13.7. The molecule has 0 saturated heterocycles. The minimum atomic E-state index is -0.220. The van der Waals surface area contributed by atoms with Crippen molar-refractivity contribution in [1.29, 1.82) is 0 Å². The maximum Gasteiger partial charge on any atom is 0.0588 e. The third kappa shape index (κ3) is 3.57. The van der Waals surface area contributed by atoms with E-state index in [0.717, 1.165) is 19.3 Å². The van der Waals surface area contributed by atoms with Crippen molar-refractivity contribution < 1.29 is 5.11 Å². The molecule has 0 saturated carbocycles. The van der Waals surface area contributed by atoms with Crippen LogP contribution in [0.4, 0.5) is 0 Å². The number of aryl methyl sites for hydroxylation is 1. The van der Waals surface area contributed by atoms with Gasteiger partial charge in [-0.2, -0.15) is 0 Å². The second kappa shape index (κ2) is 5.75. The molecule has 102 valence electrons. The van der Waals surface area contributed by atoms with Crippen molar-refractivity contribution in [3.05, 3.63) is 48.0 Å². The quantitative estimate of drug-likeness (QED) is 0.849. The Morgan fingerprint density at radius 2 is 1.68 bits per heavy atom. The molecule has 0 bridgehead atoms. The van der Waals surface area contributed by atoms with E-state index in [2.05, 4.69) is 63.2 Å². The summed E-state index contributed by atoms with van der Waals surface area (Å²) in [7, 11) is 0. The van der Waals surface area contributed by atoms with Gasteiger partial charge in [0.25, 0.3) is 0 Å². The lowest BCUT2D eigenvalue weighted by molar-refractivity contribution is 0.0541. The molecule has 2 aromatic rings. The number of rotatable bonds is 4. The lowest BCUT2D eigenvalue weighted by Crippen LogP contribution is -2.25. The molecule has 0 fully saturated rings. The van der Waals surface area contributed by atoms with Gasteiger partial charge < -0.3 is 5.11 Å². The maximum absolute atomic E-state index is 10.1. The number of fused-ring (bicyclic) bond motifs is 1. The fourth-order valence-corrected chi connectivity index (χ4v) is 2.43. The lowest BCUT2D eigenvalue weighted by atomic mass is 9.85. The number of aliphatic hydroxyl groups excluding tert-OH is 1. The molecule has 0 aliphatic heterocycles. The van der Waals surface area contributed by atoms with Gasteiger partial charge in [-0.1, -0.05) is 63.2 Å². The third-order valence-electron chi connectivity index (χ3n) is 3.80. The van der Waals surface area contributed by atoms with Crippen LogP contribution in [0.1, 0.15) is 39.2 Å². The van der Waals surface area contributed by atoms with E-state index in [-0.39, 0.29) is 11.5 Å². The Kier molecular flexibility index (Phi) is 4.26. The summed E-state index contributed by atoms with van der Waals surface area (Å²) in [6.07, 6.45) is 2.72. The first-order valence-electron chi connectivity index (χ1n) is 7.13. The molecule has 0 spiro atoms. The van der Waals surface area contributed by atoms with E-state index in [1.807, 2.05) is 0 Å². The molecule has 0 aliphatic carbocycles. The van der Waals surface area contributed by atoms with Gasteiger partial charge in [0.2, 0.25) is 0 Å². The van der Waals surface area contributed by atoms with Gasteiger partial charge in [-0.15, -0.1) is 0 Å². The van der Waals surface area contributed by atoms with E-state index in [1.165, 1.54) is 16.3 Å². The standard InChI is InChI=1S/C18H24O/c1-18(2,3)17(19)13-7-11-15-10-6-9-14-8-4-5-12-16(14)15/h4-6,8-10,12,17,19H,7,11,13H2,1-3H3. The van der Waals surface area contributed by atoms with Crippen LogP contribution in [0.5, 0.6) is 0 Å². The van der Waals surface area contributed by atoms with E-state index in [9.17, 15) is 5.11 Å². The van der Waals surface area contributed by atoms with Crippen molar-refractivity contribution in [2.24, 2.45) is 5.41 Å². The van der Waals surface area contributed by atoms with Crippen LogP contribution in [0.15, 0.2) is 42.5 Å². The molecule has 19 heavy (non-hydrogen) atoms. The van der Waals surface area contributed by atoms with Gasteiger partial charge in [-0.05, 0) is 41.0 Å². The average molecular weight is 256 g/mol. The van der Waals surface area contributed by atoms with E-state index in [4.69, 9.17) is 0 Å². The summed E-state index contributed by atoms with van der Waals surface area (Å²) in [5.41, 5.74) is 1.37. The number of aliphatic hydroxyl groups is 1. The molecule has 1 unspecified atom stereocenters. The zero-order valence-electron chi connectivity index (χ0n) is 12.2. The number of benzene rings is 2. The van der Waals surface area contributed by atoms with E-state index >= 15 is 0 Å². The molecular weight excluding hydrogens is 232 g/mol. The Labute approximate surface area is 116 Å². The van der Waals surface area contributed by atoms with Crippen LogP contribution in [0.3, 0.4) is 0 Å². The summed E-state index contributed by atoms with van der Waals surface area (Å²) in [5.74, 6) is 0. The molecule has 2 aromatic carbocycles. The molecule has 0 amide bonds. The van der Waals surface area contributed by atoms with Crippen molar-refractivity contribution in [3.8, 4) is 0 Å². The van der Waals surface area contributed by atoms with E-state index in [1.54, 1.807) is 0 Å². The highest BCUT2D eigenvalue weighted by Crippen LogP contribution is 2.25. The van der Waals surface area contributed by atoms with Gasteiger partial charge in [0, 0.05) is 0 Å². The molecule has 0 radical (unpaired) electrons. The lowest BCUT2D eigenvalue weighted by Gasteiger charge is -2.25. The summed E-state index contributed by atoms with van der Waals surface area (Å²) < 4.78 is 0. The molecule has 0 aromatic heterocycles. The first-order chi connectivity index (χ1) is 8.98. The van der Waals surface area contributed by atoms with Gasteiger partial charge in [-0.25, -0.2) is 0 Å². The fourth-order valence-electron chi connectivity index (χ4n) is 2.43. The minimum Gasteiger partial charge on any atom is -0.393 e. The van der Waals surface area contributed by atoms with Crippen molar-refractivity contribution >= 4 is 10.8 Å². The predicted molar refractivity (Wildman–Crippen MR) is 82.3 cm³/mol. The molecule has 0 aliphatic rings. The zero-order valence-corrected chi connectivity index (χ0v) is 12.2. The van der Waals surface area contributed by atoms with Crippen molar-refractivity contribution in [2.75, 3.05) is 0 Å². The SMILES string of the molecule is CC(C)(C)C(O)CCCc1cccc2ccccc12. The maximum atomic E-state index is 10.1.